The van der Waals surface area contributed by atoms with Crippen molar-refractivity contribution >= 4 is 6.29 Å². The fourth-order valence-corrected chi connectivity index (χ4v) is 2.24. The Balaban J connectivity index is 1.80. The van der Waals surface area contributed by atoms with Crippen molar-refractivity contribution in [3.05, 3.63) is 77.5 Å². The van der Waals surface area contributed by atoms with E-state index in [9.17, 15) is 9.18 Å². The Hall–Kier alpha value is -2.82. The maximum absolute atomic E-state index is 12.9. The second-order valence-electron chi connectivity index (χ2n) is 4.91. The monoisotopic (exact) mass is 295 g/mol. The molecule has 2 aromatic heterocycles. The summed E-state index contributed by atoms with van der Waals surface area (Å²) in [5, 5.41) is 4.43. The predicted molar refractivity (Wildman–Crippen MR) is 80.6 cm³/mol. The van der Waals surface area contributed by atoms with E-state index >= 15 is 0 Å². The largest absolute Gasteiger partial charge is 0.298 e. The maximum atomic E-state index is 12.9. The van der Waals surface area contributed by atoms with Crippen molar-refractivity contribution < 1.29 is 9.18 Å². The van der Waals surface area contributed by atoms with Crippen LogP contribution in [0.25, 0.3) is 5.82 Å². The molecule has 110 valence electrons. The highest BCUT2D eigenvalue weighted by atomic mass is 19.1. The highest BCUT2D eigenvalue weighted by Gasteiger charge is 2.10. The van der Waals surface area contributed by atoms with Crippen LogP contribution in [0.15, 0.2) is 54.9 Å². The number of carbonyl (C=O) groups excluding carboxylic acids is 1. The lowest BCUT2D eigenvalue weighted by Crippen LogP contribution is -1.99. The third-order valence-electron chi connectivity index (χ3n) is 3.40. The number of carbonyl (C=O) groups is 1. The summed E-state index contributed by atoms with van der Waals surface area (Å²) >= 11 is 0. The van der Waals surface area contributed by atoms with Crippen LogP contribution in [0.4, 0.5) is 4.39 Å². The van der Waals surface area contributed by atoms with Crippen molar-refractivity contribution in [3.63, 3.8) is 0 Å². The number of benzene rings is 1. The van der Waals surface area contributed by atoms with Gasteiger partial charge in [-0.2, -0.15) is 5.10 Å². The molecule has 0 N–H and O–H groups in total. The zero-order chi connectivity index (χ0) is 15.4. The van der Waals surface area contributed by atoms with Gasteiger partial charge in [-0.25, -0.2) is 14.1 Å². The lowest BCUT2D eigenvalue weighted by atomic mass is 10.1. The Bertz CT molecular complexity index is 766. The van der Waals surface area contributed by atoms with Gasteiger partial charge in [0.25, 0.3) is 0 Å². The predicted octanol–water partition coefficient (Wildman–Crippen LogP) is 3.00. The number of aldehydes is 1. The molecule has 0 aliphatic rings. The van der Waals surface area contributed by atoms with Crippen molar-refractivity contribution in [2.45, 2.75) is 12.8 Å². The van der Waals surface area contributed by atoms with E-state index in [2.05, 4.69) is 10.1 Å². The first-order chi connectivity index (χ1) is 10.8. The summed E-state index contributed by atoms with van der Waals surface area (Å²) < 4.78 is 14.5. The topological polar surface area (TPSA) is 47.8 Å². The third-order valence-corrected chi connectivity index (χ3v) is 3.40. The Morgan fingerprint density at radius 3 is 2.59 bits per heavy atom. The van der Waals surface area contributed by atoms with Crippen molar-refractivity contribution in [3.8, 4) is 5.82 Å². The molecule has 0 saturated heterocycles. The fourth-order valence-electron chi connectivity index (χ4n) is 2.24. The van der Waals surface area contributed by atoms with Gasteiger partial charge in [0.15, 0.2) is 12.1 Å². The Morgan fingerprint density at radius 2 is 1.91 bits per heavy atom. The van der Waals surface area contributed by atoms with Gasteiger partial charge in [0, 0.05) is 12.4 Å². The van der Waals surface area contributed by atoms with E-state index < -0.39 is 0 Å². The Kier molecular flexibility index (Phi) is 4.05. The Morgan fingerprint density at radius 1 is 1.09 bits per heavy atom. The average Bonchev–Trinajstić information content (AvgIpc) is 2.98. The molecule has 0 atom stereocenters. The smallest absolute Gasteiger partial charge is 0.153 e. The quantitative estimate of drug-likeness (QED) is 0.680. The van der Waals surface area contributed by atoms with Crippen LogP contribution in [0.2, 0.25) is 0 Å². The minimum atomic E-state index is -0.253. The third kappa shape index (κ3) is 3.09. The number of aryl methyl sites for hydroxylation is 2. The molecule has 0 aliphatic heterocycles. The van der Waals surface area contributed by atoms with E-state index in [1.54, 1.807) is 29.2 Å². The summed E-state index contributed by atoms with van der Waals surface area (Å²) in [4.78, 5) is 15.4. The molecular weight excluding hydrogens is 281 g/mol. The van der Waals surface area contributed by atoms with Gasteiger partial charge in [0.1, 0.15) is 5.82 Å². The van der Waals surface area contributed by atoms with Gasteiger partial charge < -0.3 is 0 Å². The summed E-state index contributed by atoms with van der Waals surface area (Å²) in [5.41, 5.74) is 2.27. The second-order valence-corrected chi connectivity index (χ2v) is 4.91. The number of hydrogen-bond donors (Lipinski definition) is 0. The first kappa shape index (κ1) is 14.1. The van der Waals surface area contributed by atoms with Crippen LogP contribution in [-0.4, -0.2) is 21.1 Å². The minimum Gasteiger partial charge on any atom is -0.298 e. The van der Waals surface area contributed by atoms with Crippen molar-refractivity contribution in [2.24, 2.45) is 0 Å². The fraction of sp³-hybridized carbons (Fsp3) is 0.118. The van der Waals surface area contributed by atoms with Crippen LogP contribution in [0.1, 0.15) is 21.6 Å². The van der Waals surface area contributed by atoms with Crippen LogP contribution in [0, 0.1) is 5.82 Å². The molecule has 22 heavy (non-hydrogen) atoms. The molecular formula is C17H14FN3O. The van der Waals surface area contributed by atoms with E-state index in [0.717, 1.165) is 11.8 Å². The van der Waals surface area contributed by atoms with Crippen molar-refractivity contribution in [2.75, 3.05) is 0 Å². The van der Waals surface area contributed by atoms with Gasteiger partial charge in [0.05, 0.1) is 11.3 Å². The molecule has 0 bridgehead atoms. The van der Waals surface area contributed by atoms with E-state index in [4.69, 9.17) is 0 Å². The van der Waals surface area contributed by atoms with Gasteiger partial charge in [-0.05, 0) is 42.7 Å². The van der Waals surface area contributed by atoms with Crippen LogP contribution in [0.5, 0.6) is 0 Å². The molecule has 0 radical (unpaired) electrons. The molecule has 1 aromatic carbocycles. The SMILES string of the molecule is O=Cc1cn(-c2ccccn2)nc1CCc1ccc(F)cc1. The van der Waals surface area contributed by atoms with Gasteiger partial charge in [-0.3, -0.25) is 4.79 Å². The number of aromatic nitrogens is 3. The first-order valence-electron chi connectivity index (χ1n) is 6.96. The van der Waals surface area contributed by atoms with Gasteiger partial charge in [-0.15, -0.1) is 0 Å². The van der Waals surface area contributed by atoms with Crippen LogP contribution in [-0.2, 0) is 12.8 Å². The maximum Gasteiger partial charge on any atom is 0.153 e. The lowest BCUT2D eigenvalue weighted by molar-refractivity contribution is 0.112. The first-order valence-corrected chi connectivity index (χ1v) is 6.96. The molecule has 0 amide bonds. The molecule has 0 fully saturated rings. The standard InChI is InChI=1S/C17H14FN3O/c18-15-7-4-13(5-8-15)6-9-16-14(12-22)11-21(20-16)17-3-1-2-10-19-17/h1-5,7-8,10-12H,6,9H2. The van der Waals surface area contributed by atoms with Crippen LogP contribution >= 0.6 is 0 Å². The summed E-state index contributed by atoms with van der Waals surface area (Å²) in [7, 11) is 0. The molecule has 0 unspecified atom stereocenters. The number of halogens is 1. The lowest BCUT2D eigenvalue weighted by Gasteiger charge is -2.01. The van der Waals surface area contributed by atoms with Crippen molar-refractivity contribution in [1.82, 2.24) is 14.8 Å². The molecule has 0 saturated carbocycles. The zero-order valence-electron chi connectivity index (χ0n) is 11.8. The van der Waals surface area contributed by atoms with E-state index in [0.29, 0.717) is 29.9 Å². The summed E-state index contributed by atoms with van der Waals surface area (Å²) in [6, 6.07) is 11.9. The van der Waals surface area contributed by atoms with E-state index in [-0.39, 0.29) is 5.82 Å². The molecule has 5 heteroatoms. The molecule has 4 nitrogen and oxygen atoms in total. The normalized spacial score (nSPS) is 10.6. The molecule has 3 rings (SSSR count). The van der Waals surface area contributed by atoms with Gasteiger partial charge in [0.2, 0.25) is 0 Å². The highest BCUT2D eigenvalue weighted by Crippen LogP contribution is 2.13. The number of nitrogens with zero attached hydrogens (tertiary/aromatic N) is 3. The summed E-state index contributed by atoms with van der Waals surface area (Å²) in [5.74, 6) is 0.412. The number of rotatable bonds is 5. The average molecular weight is 295 g/mol. The Labute approximate surface area is 127 Å². The molecule has 0 aliphatic carbocycles. The zero-order valence-corrected chi connectivity index (χ0v) is 11.8. The van der Waals surface area contributed by atoms with Crippen LogP contribution in [0.3, 0.4) is 0 Å². The highest BCUT2D eigenvalue weighted by molar-refractivity contribution is 5.76. The summed E-state index contributed by atoms with van der Waals surface area (Å²) in [6.07, 6.45) is 5.46. The van der Waals surface area contributed by atoms with Crippen LogP contribution < -0.4 is 0 Å². The molecule has 2 heterocycles. The van der Waals surface area contributed by atoms with Gasteiger partial charge in [-0.1, -0.05) is 18.2 Å². The second kappa shape index (κ2) is 6.30. The molecule has 3 aromatic rings. The number of hydrogen-bond acceptors (Lipinski definition) is 3. The van der Waals surface area contributed by atoms with E-state index in [1.807, 2.05) is 18.2 Å². The minimum absolute atomic E-state index is 0.253. The molecule has 0 spiro atoms. The number of pyridine rings is 1. The summed E-state index contributed by atoms with van der Waals surface area (Å²) in [6.45, 7) is 0. The van der Waals surface area contributed by atoms with Crippen molar-refractivity contribution in [1.29, 1.82) is 0 Å². The van der Waals surface area contributed by atoms with Gasteiger partial charge >= 0.3 is 0 Å². The van der Waals surface area contributed by atoms with E-state index in [1.165, 1.54) is 12.1 Å².